The Morgan fingerprint density at radius 1 is 1.24 bits per heavy atom. The smallest absolute Gasteiger partial charge is 0.253 e. The first-order valence-electron chi connectivity index (χ1n) is 9.04. The Labute approximate surface area is 175 Å². The van der Waals surface area contributed by atoms with E-state index in [9.17, 15) is 18.0 Å². The van der Waals surface area contributed by atoms with Crippen molar-refractivity contribution in [3.8, 4) is 0 Å². The van der Waals surface area contributed by atoms with E-state index in [-0.39, 0.29) is 27.9 Å². The van der Waals surface area contributed by atoms with Gasteiger partial charge in [-0.3, -0.25) is 14.6 Å². The van der Waals surface area contributed by atoms with Crippen LogP contribution in [0, 0.1) is 5.41 Å². The number of carbonyl (C=O) groups excluding carboxylic acids is 2. The Morgan fingerprint density at radius 3 is 2.48 bits per heavy atom. The van der Waals surface area contributed by atoms with E-state index in [1.807, 2.05) is 12.1 Å². The Bertz CT molecular complexity index is 1050. The van der Waals surface area contributed by atoms with Crippen molar-refractivity contribution in [3.63, 3.8) is 0 Å². The van der Waals surface area contributed by atoms with Gasteiger partial charge in [0.2, 0.25) is 15.9 Å². The summed E-state index contributed by atoms with van der Waals surface area (Å²) in [5, 5.41) is 0.0932. The van der Waals surface area contributed by atoms with Gasteiger partial charge in [0.25, 0.3) is 5.91 Å². The van der Waals surface area contributed by atoms with Crippen LogP contribution in [0.5, 0.6) is 0 Å². The van der Waals surface area contributed by atoms with Crippen molar-refractivity contribution in [1.82, 2.24) is 9.88 Å². The summed E-state index contributed by atoms with van der Waals surface area (Å²) >= 11 is 6.20. The van der Waals surface area contributed by atoms with Crippen LogP contribution in [0.2, 0.25) is 5.02 Å². The monoisotopic (exact) mass is 435 g/mol. The molecule has 29 heavy (non-hydrogen) atoms. The SMILES string of the molecule is CN(CCc1ccncc1)C(=O)c1ccc(Cl)c(N2C(=O)C(C)(C)CS2(=O)=O)c1. The molecule has 2 aromatic rings. The van der Waals surface area contributed by atoms with Gasteiger partial charge >= 0.3 is 0 Å². The van der Waals surface area contributed by atoms with Crippen molar-refractivity contribution < 1.29 is 18.0 Å². The summed E-state index contributed by atoms with van der Waals surface area (Å²) in [4.78, 5) is 31.0. The van der Waals surface area contributed by atoms with Crippen LogP contribution in [0.25, 0.3) is 0 Å². The van der Waals surface area contributed by atoms with E-state index in [4.69, 9.17) is 11.6 Å². The molecule has 0 aliphatic carbocycles. The van der Waals surface area contributed by atoms with E-state index in [0.29, 0.717) is 13.0 Å². The van der Waals surface area contributed by atoms with Gasteiger partial charge in [-0.2, -0.15) is 0 Å². The normalized spacial score (nSPS) is 17.4. The molecule has 1 aliphatic rings. The number of sulfonamides is 1. The molecule has 0 radical (unpaired) electrons. The molecule has 7 nitrogen and oxygen atoms in total. The molecule has 1 aliphatic heterocycles. The zero-order chi connectivity index (χ0) is 21.4. The highest BCUT2D eigenvalue weighted by Crippen LogP contribution is 2.39. The summed E-state index contributed by atoms with van der Waals surface area (Å²) in [5.41, 5.74) is 0.265. The number of likely N-dealkylation sites (N-methyl/N-ethyl adjacent to an activating group) is 1. The summed E-state index contributed by atoms with van der Waals surface area (Å²) < 4.78 is 25.8. The molecule has 9 heteroatoms. The molecular formula is C20H22ClN3O4S. The molecule has 154 valence electrons. The third kappa shape index (κ3) is 4.28. The summed E-state index contributed by atoms with van der Waals surface area (Å²) in [6.45, 7) is 3.61. The van der Waals surface area contributed by atoms with Crippen LogP contribution >= 0.6 is 11.6 Å². The third-order valence-corrected chi connectivity index (χ3v) is 7.15. The summed E-state index contributed by atoms with van der Waals surface area (Å²) in [5.74, 6) is -1.16. The number of halogens is 1. The predicted octanol–water partition coefficient (Wildman–Crippen LogP) is 2.75. The summed E-state index contributed by atoms with van der Waals surface area (Å²) in [6, 6.07) is 8.09. The van der Waals surface area contributed by atoms with Crippen LogP contribution in [-0.2, 0) is 21.2 Å². The molecule has 1 saturated heterocycles. The molecule has 0 bridgehead atoms. The van der Waals surface area contributed by atoms with E-state index in [1.165, 1.54) is 23.1 Å². The molecule has 1 aromatic heterocycles. The van der Waals surface area contributed by atoms with Crippen molar-refractivity contribution in [2.45, 2.75) is 20.3 Å². The third-order valence-electron chi connectivity index (χ3n) is 4.83. The van der Waals surface area contributed by atoms with Crippen molar-refractivity contribution in [3.05, 3.63) is 58.9 Å². The minimum absolute atomic E-state index is 0.00984. The Balaban J connectivity index is 1.85. The number of benzene rings is 1. The van der Waals surface area contributed by atoms with E-state index >= 15 is 0 Å². The summed E-state index contributed by atoms with van der Waals surface area (Å²) in [7, 11) is -2.19. The van der Waals surface area contributed by atoms with Crippen LogP contribution in [0.15, 0.2) is 42.7 Å². The molecule has 0 N–H and O–H groups in total. The lowest BCUT2D eigenvalue weighted by Crippen LogP contribution is -2.33. The van der Waals surface area contributed by atoms with Crippen molar-refractivity contribution >= 4 is 39.1 Å². The van der Waals surface area contributed by atoms with E-state index in [2.05, 4.69) is 4.98 Å². The first-order valence-corrected chi connectivity index (χ1v) is 11.0. The molecular weight excluding hydrogens is 414 g/mol. The molecule has 2 amide bonds. The lowest BCUT2D eigenvalue weighted by Gasteiger charge is -2.21. The molecule has 1 fully saturated rings. The Morgan fingerprint density at radius 2 is 1.90 bits per heavy atom. The maximum Gasteiger partial charge on any atom is 0.253 e. The van der Waals surface area contributed by atoms with Crippen LogP contribution < -0.4 is 4.31 Å². The molecule has 1 aromatic carbocycles. The fourth-order valence-corrected chi connectivity index (χ4v) is 5.58. The zero-order valence-corrected chi connectivity index (χ0v) is 18.0. The highest BCUT2D eigenvalue weighted by Gasteiger charge is 2.50. The minimum Gasteiger partial charge on any atom is -0.341 e. The lowest BCUT2D eigenvalue weighted by atomic mass is 9.95. The number of rotatable bonds is 5. The molecule has 3 rings (SSSR count). The van der Waals surface area contributed by atoms with Crippen LogP contribution in [-0.4, -0.2) is 49.5 Å². The second kappa shape index (κ2) is 7.76. The van der Waals surface area contributed by atoms with Crippen molar-refractivity contribution in [2.75, 3.05) is 23.7 Å². The number of nitrogens with zero attached hydrogens (tertiary/aromatic N) is 3. The van der Waals surface area contributed by atoms with Crippen molar-refractivity contribution in [1.29, 1.82) is 0 Å². The van der Waals surface area contributed by atoms with Gasteiger partial charge in [-0.1, -0.05) is 11.6 Å². The molecule has 0 spiro atoms. The van der Waals surface area contributed by atoms with Gasteiger partial charge in [-0.25, -0.2) is 12.7 Å². The standard InChI is InChI=1S/C20H22ClN3O4S/c1-20(2)13-29(27,28)24(19(20)26)17-12-15(4-5-16(17)21)18(25)23(3)11-8-14-6-9-22-10-7-14/h4-7,9-10,12H,8,11,13H2,1-3H3. The van der Waals surface area contributed by atoms with Crippen molar-refractivity contribution in [2.24, 2.45) is 5.41 Å². The van der Waals surface area contributed by atoms with Gasteiger partial charge in [-0.05, 0) is 56.2 Å². The maximum absolute atomic E-state index is 12.8. The maximum atomic E-state index is 12.8. The van der Waals surface area contributed by atoms with Crippen LogP contribution in [0.4, 0.5) is 5.69 Å². The summed E-state index contributed by atoms with van der Waals surface area (Å²) in [6.07, 6.45) is 4.04. The van der Waals surface area contributed by atoms with E-state index < -0.39 is 21.3 Å². The molecule has 2 heterocycles. The number of pyridine rings is 1. The van der Waals surface area contributed by atoms with Gasteiger partial charge in [0.1, 0.15) is 0 Å². The Hall–Kier alpha value is -2.45. The average Bonchev–Trinajstić information content (AvgIpc) is 2.83. The molecule has 0 atom stereocenters. The fourth-order valence-electron chi connectivity index (χ4n) is 3.21. The molecule has 0 saturated carbocycles. The minimum atomic E-state index is -3.86. The quantitative estimate of drug-likeness (QED) is 0.720. The number of amides is 2. The second-order valence-electron chi connectivity index (χ2n) is 7.71. The number of anilines is 1. The van der Waals surface area contributed by atoms with Gasteiger partial charge < -0.3 is 4.90 Å². The van der Waals surface area contributed by atoms with Gasteiger partial charge in [-0.15, -0.1) is 0 Å². The second-order valence-corrected chi connectivity index (χ2v) is 9.93. The number of hydrogen-bond donors (Lipinski definition) is 0. The number of aromatic nitrogens is 1. The van der Waals surface area contributed by atoms with Gasteiger partial charge in [0.05, 0.1) is 21.9 Å². The van der Waals surface area contributed by atoms with E-state index in [0.717, 1.165) is 9.87 Å². The largest absolute Gasteiger partial charge is 0.341 e. The first-order chi connectivity index (χ1) is 13.5. The fraction of sp³-hybridized carbons (Fsp3) is 0.350. The Kier molecular flexibility index (Phi) is 5.69. The zero-order valence-electron chi connectivity index (χ0n) is 16.4. The number of hydrogen-bond acceptors (Lipinski definition) is 5. The highest BCUT2D eigenvalue weighted by atomic mass is 35.5. The first kappa shape index (κ1) is 21.3. The van der Waals surface area contributed by atoms with Crippen LogP contribution in [0.1, 0.15) is 29.8 Å². The average molecular weight is 436 g/mol. The highest BCUT2D eigenvalue weighted by molar-refractivity contribution is 7.94. The lowest BCUT2D eigenvalue weighted by molar-refractivity contribution is -0.123. The van der Waals surface area contributed by atoms with E-state index in [1.54, 1.807) is 33.3 Å². The number of carbonyl (C=O) groups is 2. The van der Waals surface area contributed by atoms with Gasteiger partial charge in [0, 0.05) is 31.5 Å². The van der Waals surface area contributed by atoms with Crippen LogP contribution in [0.3, 0.4) is 0 Å². The van der Waals surface area contributed by atoms with Gasteiger partial charge in [0.15, 0.2) is 0 Å². The molecule has 0 unspecified atom stereocenters. The topological polar surface area (TPSA) is 87.7 Å². The predicted molar refractivity (Wildman–Crippen MR) is 111 cm³/mol.